The average molecular weight is 272 g/mol. The predicted molar refractivity (Wildman–Crippen MR) is 70.7 cm³/mol. The Labute approximate surface area is 114 Å². The number of aromatic carboxylic acids is 1. The van der Waals surface area contributed by atoms with Crippen molar-refractivity contribution in [1.82, 2.24) is 9.78 Å². The molecule has 0 bridgehead atoms. The van der Waals surface area contributed by atoms with Crippen LogP contribution in [0, 0.1) is 0 Å². The molecule has 0 amide bonds. The molecule has 0 fully saturated rings. The number of carbonyl (C=O) groups is 1. The number of para-hydroxylation sites is 1. The van der Waals surface area contributed by atoms with Crippen molar-refractivity contribution in [2.24, 2.45) is 7.05 Å². The third-order valence-electron chi connectivity index (χ3n) is 2.93. The van der Waals surface area contributed by atoms with Gasteiger partial charge in [-0.3, -0.25) is 4.68 Å². The highest BCUT2D eigenvalue weighted by Crippen LogP contribution is 2.26. The van der Waals surface area contributed by atoms with Crippen molar-refractivity contribution in [3.8, 4) is 5.75 Å². The highest BCUT2D eigenvalue weighted by atomic mass is 16.5. The number of hydrogen-bond acceptors (Lipinski definition) is 4. The Kier molecular flexibility index (Phi) is 2.90. The molecule has 0 saturated heterocycles. The lowest BCUT2D eigenvalue weighted by atomic mass is 10.1. The molecule has 0 aliphatic carbocycles. The van der Waals surface area contributed by atoms with Crippen LogP contribution in [0.25, 0.3) is 11.0 Å². The van der Waals surface area contributed by atoms with Crippen LogP contribution >= 0.6 is 0 Å². The predicted octanol–water partition coefficient (Wildman–Crippen LogP) is 2.44. The van der Waals surface area contributed by atoms with Gasteiger partial charge in [0.15, 0.2) is 11.5 Å². The summed E-state index contributed by atoms with van der Waals surface area (Å²) in [6.45, 7) is 0.0437. The summed E-state index contributed by atoms with van der Waals surface area (Å²) >= 11 is 0. The van der Waals surface area contributed by atoms with Crippen molar-refractivity contribution in [1.29, 1.82) is 0 Å². The number of furan rings is 1. The minimum atomic E-state index is -1.03. The van der Waals surface area contributed by atoms with Crippen molar-refractivity contribution in [2.75, 3.05) is 0 Å². The number of ether oxygens (including phenoxy) is 1. The highest BCUT2D eigenvalue weighted by molar-refractivity contribution is 6.03. The number of aryl methyl sites for hydroxylation is 1. The summed E-state index contributed by atoms with van der Waals surface area (Å²) in [5.41, 5.74) is 0.680. The lowest BCUT2D eigenvalue weighted by molar-refractivity contribution is 0.0693. The van der Waals surface area contributed by atoms with E-state index >= 15 is 0 Å². The van der Waals surface area contributed by atoms with E-state index in [-0.39, 0.29) is 12.2 Å². The summed E-state index contributed by atoms with van der Waals surface area (Å²) in [5.74, 6) is -0.174. The van der Waals surface area contributed by atoms with E-state index in [1.54, 1.807) is 48.4 Å². The molecule has 3 rings (SSSR count). The maximum atomic E-state index is 11.4. The molecular weight excluding hydrogens is 260 g/mol. The standard InChI is InChI=1S/C14H12N2O4/c1-16-7-9(6-15-16)19-8-12-13(14(17)18)10-4-2-3-5-11(10)20-12/h2-7H,8H2,1H3,(H,17,18). The number of carboxylic acid groups (broad SMARTS) is 1. The van der Waals surface area contributed by atoms with Crippen LogP contribution in [0.1, 0.15) is 16.1 Å². The third kappa shape index (κ3) is 2.11. The molecule has 6 nitrogen and oxygen atoms in total. The molecule has 0 unspecified atom stereocenters. The first kappa shape index (κ1) is 12.3. The van der Waals surface area contributed by atoms with Crippen molar-refractivity contribution < 1.29 is 19.1 Å². The normalized spacial score (nSPS) is 10.8. The molecule has 6 heteroatoms. The maximum absolute atomic E-state index is 11.4. The number of rotatable bonds is 4. The molecule has 0 aliphatic rings. The van der Waals surface area contributed by atoms with Gasteiger partial charge in [-0.1, -0.05) is 18.2 Å². The third-order valence-corrected chi connectivity index (χ3v) is 2.93. The average Bonchev–Trinajstić information content (AvgIpc) is 2.99. The molecular formula is C14H12N2O4. The zero-order valence-corrected chi connectivity index (χ0v) is 10.7. The van der Waals surface area contributed by atoms with Gasteiger partial charge in [0.2, 0.25) is 0 Å². The second-order valence-electron chi connectivity index (χ2n) is 4.34. The van der Waals surface area contributed by atoms with E-state index in [0.717, 1.165) is 0 Å². The van der Waals surface area contributed by atoms with Gasteiger partial charge in [0, 0.05) is 12.4 Å². The molecule has 0 aliphatic heterocycles. The number of nitrogens with zero attached hydrogens (tertiary/aromatic N) is 2. The Morgan fingerprint density at radius 2 is 2.25 bits per heavy atom. The van der Waals surface area contributed by atoms with Crippen molar-refractivity contribution in [2.45, 2.75) is 6.61 Å². The second-order valence-corrected chi connectivity index (χ2v) is 4.34. The molecule has 1 aromatic carbocycles. The fraction of sp³-hybridized carbons (Fsp3) is 0.143. The van der Waals surface area contributed by atoms with E-state index in [2.05, 4.69) is 5.10 Å². The molecule has 0 spiro atoms. The highest BCUT2D eigenvalue weighted by Gasteiger charge is 2.20. The Hall–Kier alpha value is -2.76. The van der Waals surface area contributed by atoms with E-state index in [1.165, 1.54) is 0 Å². The minimum Gasteiger partial charge on any atom is -0.482 e. The molecule has 3 aromatic rings. The summed E-state index contributed by atoms with van der Waals surface area (Å²) in [7, 11) is 1.77. The van der Waals surface area contributed by atoms with Gasteiger partial charge < -0.3 is 14.3 Å². The summed E-state index contributed by atoms with van der Waals surface area (Å²) < 4.78 is 12.7. The van der Waals surface area contributed by atoms with Gasteiger partial charge in [0.1, 0.15) is 17.8 Å². The van der Waals surface area contributed by atoms with Crippen LogP contribution in [0.3, 0.4) is 0 Å². The van der Waals surface area contributed by atoms with Crippen molar-refractivity contribution in [3.63, 3.8) is 0 Å². The van der Waals surface area contributed by atoms with Gasteiger partial charge in [-0.25, -0.2) is 4.79 Å². The maximum Gasteiger partial charge on any atom is 0.340 e. The van der Waals surface area contributed by atoms with Gasteiger partial charge in [0.05, 0.1) is 12.4 Å². The van der Waals surface area contributed by atoms with Crippen LogP contribution < -0.4 is 4.74 Å². The lowest BCUT2D eigenvalue weighted by Crippen LogP contribution is -2.02. The largest absolute Gasteiger partial charge is 0.482 e. The number of carboxylic acids is 1. The minimum absolute atomic E-state index is 0.0437. The number of benzene rings is 1. The Morgan fingerprint density at radius 3 is 2.95 bits per heavy atom. The number of hydrogen-bond donors (Lipinski definition) is 1. The van der Waals surface area contributed by atoms with Crippen LogP contribution in [0.2, 0.25) is 0 Å². The molecule has 20 heavy (non-hydrogen) atoms. The molecule has 0 saturated carbocycles. The Morgan fingerprint density at radius 1 is 1.45 bits per heavy atom. The van der Waals surface area contributed by atoms with Gasteiger partial charge in [0.25, 0.3) is 0 Å². The fourth-order valence-corrected chi connectivity index (χ4v) is 2.05. The van der Waals surface area contributed by atoms with E-state index < -0.39 is 5.97 Å². The zero-order valence-electron chi connectivity index (χ0n) is 10.7. The van der Waals surface area contributed by atoms with E-state index in [9.17, 15) is 9.90 Å². The van der Waals surface area contributed by atoms with Crippen LogP contribution in [0.15, 0.2) is 41.1 Å². The molecule has 1 N–H and O–H groups in total. The first-order chi connectivity index (χ1) is 9.65. The van der Waals surface area contributed by atoms with E-state index in [4.69, 9.17) is 9.15 Å². The van der Waals surface area contributed by atoms with Crippen LogP contribution in [0.4, 0.5) is 0 Å². The smallest absolute Gasteiger partial charge is 0.340 e. The summed E-state index contributed by atoms with van der Waals surface area (Å²) in [6, 6.07) is 7.02. The number of fused-ring (bicyclic) bond motifs is 1. The van der Waals surface area contributed by atoms with Gasteiger partial charge >= 0.3 is 5.97 Å². The molecule has 102 valence electrons. The molecule has 2 heterocycles. The van der Waals surface area contributed by atoms with Crippen molar-refractivity contribution in [3.05, 3.63) is 48.0 Å². The summed E-state index contributed by atoms with van der Waals surface area (Å²) in [4.78, 5) is 11.4. The fourth-order valence-electron chi connectivity index (χ4n) is 2.05. The topological polar surface area (TPSA) is 77.5 Å². The number of aromatic nitrogens is 2. The molecule has 0 atom stereocenters. The first-order valence-corrected chi connectivity index (χ1v) is 6.00. The zero-order chi connectivity index (χ0) is 14.1. The SMILES string of the molecule is Cn1cc(OCc2oc3ccccc3c2C(=O)O)cn1. The first-order valence-electron chi connectivity index (χ1n) is 6.00. The van der Waals surface area contributed by atoms with Gasteiger partial charge in [-0.05, 0) is 6.07 Å². The monoisotopic (exact) mass is 272 g/mol. The Bertz CT molecular complexity index is 772. The van der Waals surface area contributed by atoms with Crippen LogP contribution in [0.5, 0.6) is 5.75 Å². The Balaban J connectivity index is 1.94. The summed E-state index contributed by atoms with van der Waals surface area (Å²) in [5, 5.41) is 13.9. The van der Waals surface area contributed by atoms with Gasteiger partial charge in [-0.2, -0.15) is 5.10 Å². The van der Waals surface area contributed by atoms with Gasteiger partial charge in [-0.15, -0.1) is 0 Å². The lowest BCUT2D eigenvalue weighted by Gasteiger charge is -2.01. The van der Waals surface area contributed by atoms with Crippen LogP contribution in [-0.2, 0) is 13.7 Å². The molecule has 0 radical (unpaired) electrons. The second kappa shape index (κ2) is 4.73. The van der Waals surface area contributed by atoms with E-state index in [1.807, 2.05) is 0 Å². The molecule has 2 aromatic heterocycles. The van der Waals surface area contributed by atoms with Crippen molar-refractivity contribution >= 4 is 16.9 Å². The van der Waals surface area contributed by atoms with Crippen LogP contribution in [-0.4, -0.2) is 20.9 Å². The quantitative estimate of drug-likeness (QED) is 0.789. The summed E-state index contributed by atoms with van der Waals surface area (Å²) in [6.07, 6.45) is 3.26. The van der Waals surface area contributed by atoms with E-state index in [0.29, 0.717) is 22.5 Å².